The molecule has 176 valence electrons. The van der Waals surface area contributed by atoms with Gasteiger partial charge in [-0.05, 0) is 63.3 Å². The van der Waals surface area contributed by atoms with Gasteiger partial charge in [-0.25, -0.2) is 4.79 Å². The Morgan fingerprint density at radius 3 is 3.03 bits per heavy atom. The van der Waals surface area contributed by atoms with Gasteiger partial charge < -0.3 is 15.5 Å². The Kier molecular flexibility index (Phi) is 5.91. The average Bonchev–Trinajstić information content (AvgIpc) is 3.35. The molecule has 5 heterocycles. The van der Waals surface area contributed by atoms with Gasteiger partial charge in [-0.15, -0.1) is 0 Å². The number of carbonyl (C=O) groups excluding carboxylic acids is 2. The highest BCUT2D eigenvalue weighted by molar-refractivity contribution is 8.00. The Hall–Kier alpha value is -1.21. The zero-order chi connectivity index (χ0) is 21.7. The van der Waals surface area contributed by atoms with Crippen LogP contribution in [0.15, 0.2) is 11.6 Å². The van der Waals surface area contributed by atoms with Crippen LogP contribution in [0, 0.1) is 11.8 Å². The van der Waals surface area contributed by atoms with Crippen molar-refractivity contribution in [2.75, 3.05) is 25.4 Å². The summed E-state index contributed by atoms with van der Waals surface area (Å²) in [5.41, 5.74) is 1.59. The number of likely N-dealkylation sites (tertiary alicyclic amines) is 1. The molecule has 3 amide bonds. The van der Waals surface area contributed by atoms with Crippen molar-refractivity contribution in [3.8, 4) is 0 Å². The molecule has 0 saturated carbocycles. The van der Waals surface area contributed by atoms with Gasteiger partial charge in [0.15, 0.2) is 0 Å². The number of nitrogens with zero attached hydrogens (tertiary/aromatic N) is 2. The third-order valence-corrected chi connectivity index (χ3v) is 10.6. The molecule has 6 aliphatic rings. The fourth-order valence-corrected chi connectivity index (χ4v) is 9.21. The van der Waals surface area contributed by atoms with Crippen molar-refractivity contribution in [2.24, 2.45) is 11.8 Å². The molecule has 7 heteroatoms. The zero-order valence-electron chi connectivity index (χ0n) is 19.1. The minimum atomic E-state index is -0.0113. The molecule has 32 heavy (non-hydrogen) atoms. The van der Waals surface area contributed by atoms with Crippen molar-refractivity contribution < 1.29 is 9.59 Å². The lowest BCUT2D eigenvalue weighted by molar-refractivity contribution is -0.136. The molecule has 0 radical (unpaired) electrons. The standard InChI is InChI=1S/C25H38N4O2S/c30-22(9-2-1-8-21-23-19(15-32-21)26-25(31)27-23)29-11-5-6-16-12-17-13-18(24(16)29)14-28-10-4-3-7-20(17)28/h12,17-21,23-24H,1-11,13-15H2,(H2,26,27,31). The Balaban J connectivity index is 1.04. The molecule has 5 fully saturated rings. The Bertz CT molecular complexity index is 788. The second-order valence-corrected chi connectivity index (χ2v) is 12.2. The molecule has 0 spiro atoms. The number of carbonyl (C=O) groups is 2. The van der Waals surface area contributed by atoms with Crippen LogP contribution >= 0.6 is 11.8 Å². The molecule has 2 bridgehead atoms. The first kappa shape index (κ1) is 21.3. The summed E-state index contributed by atoms with van der Waals surface area (Å²) in [5, 5.41) is 6.59. The van der Waals surface area contributed by atoms with Crippen LogP contribution in [0.4, 0.5) is 4.79 Å². The van der Waals surface area contributed by atoms with Gasteiger partial charge in [-0.3, -0.25) is 9.69 Å². The Morgan fingerprint density at radius 2 is 2.09 bits per heavy atom. The van der Waals surface area contributed by atoms with Crippen LogP contribution in [0.25, 0.3) is 0 Å². The molecule has 0 aromatic rings. The van der Waals surface area contributed by atoms with Gasteiger partial charge in [0, 0.05) is 36.6 Å². The Labute approximate surface area is 196 Å². The number of fused-ring (bicyclic) bond motifs is 7. The predicted molar refractivity (Wildman–Crippen MR) is 128 cm³/mol. The topological polar surface area (TPSA) is 64.7 Å². The largest absolute Gasteiger partial charge is 0.336 e. The maximum Gasteiger partial charge on any atom is 0.315 e. The third-order valence-electron chi connectivity index (χ3n) is 9.04. The van der Waals surface area contributed by atoms with Gasteiger partial charge in [-0.1, -0.05) is 24.5 Å². The van der Waals surface area contributed by atoms with E-state index in [1.807, 2.05) is 11.8 Å². The first-order valence-electron chi connectivity index (χ1n) is 13.1. The highest BCUT2D eigenvalue weighted by atomic mass is 32.2. The van der Waals surface area contributed by atoms with E-state index in [-0.39, 0.29) is 12.1 Å². The first-order chi connectivity index (χ1) is 15.7. The summed E-state index contributed by atoms with van der Waals surface area (Å²) in [6, 6.07) is 1.71. The van der Waals surface area contributed by atoms with Crippen LogP contribution in [0.1, 0.15) is 64.2 Å². The number of rotatable bonds is 5. The van der Waals surface area contributed by atoms with Crippen molar-refractivity contribution in [2.45, 2.75) is 93.6 Å². The minimum Gasteiger partial charge on any atom is -0.336 e. The molecule has 5 saturated heterocycles. The van der Waals surface area contributed by atoms with Crippen LogP contribution in [-0.2, 0) is 4.79 Å². The number of piperidine rings is 3. The van der Waals surface area contributed by atoms with Crippen molar-refractivity contribution in [1.82, 2.24) is 20.4 Å². The zero-order valence-corrected chi connectivity index (χ0v) is 20.0. The molecule has 6 nitrogen and oxygen atoms in total. The molecule has 7 atom stereocenters. The van der Waals surface area contributed by atoms with Gasteiger partial charge in [-0.2, -0.15) is 11.8 Å². The maximum atomic E-state index is 13.3. The monoisotopic (exact) mass is 458 g/mol. The number of nitrogens with one attached hydrogen (secondary N) is 2. The summed E-state index contributed by atoms with van der Waals surface area (Å²) >= 11 is 1.97. The number of thioether (sulfide) groups is 1. The normalized spacial score (nSPS) is 40.6. The second kappa shape index (κ2) is 8.86. The van der Waals surface area contributed by atoms with E-state index in [4.69, 9.17) is 0 Å². The molecule has 0 aromatic carbocycles. The molecule has 5 aliphatic heterocycles. The summed E-state index contributed by atoms with van der Waals surface area (Å²) in [7, 11) is 0. The van der Waals surface area contributed by atoms with Gasteiger partial charge in [0.2, 0.25) is 5.91 Å². The SMILES string of the molecule is O=C1NC2CSC(CCCCC(=O)N3CCCC4=CC5CC(CN6CCCCC56)C43)C2N1. The number of hydrogen-bond donors (Lipinski definition) is 2. The van der Waals surface area contributed by atoms with Crippen LogP contribution in [0.2, 0.25) is 0 Å². The quantitative estimate of drug-likeness (QED) is 0.377. The van der Waals surface area contributed by atoms with Crippen LogP contribution in [0.5, 0.6) is 0 Å². The average molecular weight is 459 g/mol. The van der Waals surface area contributed by atoms with Gasteiger partial charge in [0.25, 0.3) is 0 Å². The molecule has 1 aliphatic carbocycles. The van der Waals surface area contributed by atoms with Gasteiger partial charge >= 0.3 is 6.03 Å². The number of hydrogen-bond acceptors (Lipinski definition) is 4. The lowest BCUT2D eigenvalue weighted by Gasteiger charge is -2.54. The summed E-state index contributed by atoms with van der Waals surface area (Å²) < 4.78 is 0. The van der Waals surface area contributed by atoms with Crippen molar-refractivity contribution in [3.05, 3.63) is 11.6 Å². The number of urea groups is 1. The molecule has 7 unspecified atom stereocenters. The van der Waals surface area contributed by atoms with E-state index in [0.717, 1.165) is 49.9 Å². The second-order valence-electron chi connectivity index (χ2n) is 11.0. The molecular weight excluding hydrogens is 420 g/mol. The van der Waals surface area contributed by atoms with Crippen LogP contribution < -0.4 is 10.6 Å². The fourth-order valence-electron chi connectivity index (χ4n) is 7.66. The van der Waals surface area contributed by atoms with E-state index in [1.54, 1.807) is 5.57 Å². The lowest BCUT2D eigenvalue weighted by atomic mass is 9.68. The van der Waals surface area contributed by atoms with Crippen LogP contribution in [0.3, 0.4) is 0 Å². The van der Waals surface area contributed by atoms with Crippen molar-refractivity contribution in [1.29, 1.82) is 0 Å². The van der Waals surface area contributed by atoms with E-state index >= 15 is 0 Å². The molecule has 2 N–H and O–H groups in total. The smallest absolute Gasteiger partial charge is 0.315 e. The van der Waals surface area contributed by atoms with E-state index in [0.29, 0.717) is 35.6 Å². The summed E-state index contributed by atoms with van der Waals surface area (Å²) in [4.78, 5) is 29.9. The predicted octanol–water partition coefficient (Wildman–Crippen LogP) is 3.13. The minimum absolute atomic E-state index is 0.0113. The molecule has 0 aromatic heterocycles. The first-order valence-corrected chi connectivity index (χ1v) is 14.1. The summed E-state index contributed by atoms with van der Waals surface area (Å²) in [6.45, 7) is 3.41. The highest BCUT2D eigenvalue weighted by Gasteiger charge is 2.47. The van der Waals surface area contributed by atoms with Gasteiger partial charge in [0.05, 0.1) is 18.1 Å². The van der Waals surface area contributed by atoms with Crippen molar-refractivity contribution >= 4 is 23.7 Å². The fraction of sp³-hybridized carbons (Fsp3) is 0.840. The summed E-state index contributed by atoms with van der Waals surface area (Å²) in [5.74, 6) is 2.77. The van der Waals surface area contributed by atoms with E-state index in [2.05, 4.69) is 26.5 Å². The Morgan fingerprint density at radius 1 is 1.16 bits per heavy atom. The number of unbranched alkanes of at least 4 members (excludes halogenated alkanes) is 1. The highest BCUT2D eigenvalue weighted by Crippen LogP contribution is 2.45. The van der Waals surface area contributed by atoms with E-state index < -0.39 is 0 Å². The molecule has 6 rings (SSSR count). The molecular formula is C25H38N4O2S. The number of amides is 3. The maximum absolute atomic E-state index is 13.3. The van der Waals surface area contributed by atoms with E-state index in [1.165, 1.54) is 45.2 Å². The third kappa shape index (κ3) is 3.87. The van der Waals surface area contributed by atoms with E-state index in [9.17, 15) is 9.59 Å². The lowest BCUT2D eigenvalue weighted by Crippen LogP contribution is -2.60. The summed E-state index contributed by atoms with van der Waals surface area (Å²) in [6.07, 6.45) is 14.2. The van der Waals surface area contributed by atoms with Gasteiger partial charge in [0.1, 0.15) is 0 Å². The van der Waals surface area contributed by atoms with Crippen molar-refractivity contribution in [3.63, 3.8) is 0 Å². The van der Waals surface area contributed by atoms with Crippen LogP contribution in [-0.4, -0.2) is 76.5 Å².